The van der Waals surface area contributed by atoms with Crippen LogP contribution in [-0.2, 0) is 6.54 Å². The highest BCUT2D eigenvalue weighted by Gasteiger charge is 2.36. The van der Waals surface area contributed by atoms with E-state index in [-0.39, 0.29) is 29.3 Å². The number of aromatic nitrogens is 2. The monoisotopic (exact) mass is 464 g/mol. The summed E-state index contributed by atoms with van der Waals surface area (Å²) in [5.41, 5.74) is 2.06. The number of para-hydroxylation sites is 2. The maximum Gasteiger partial charge on any atom is 0.318 e. The fraction of sp³-hybridized carbons (Fsp3) is 0.407. The third kappa shape index (κ3) is 5.41. The zero-order valence-corrected chi connectivity index (χ0v) is 20.5. The molecule has 0 aliphatic heterocycles. The molecule has 4 rings (SSSR count). The van der Waals surface area contributed by atoms with Gasteiger partial charge in [-0.2, -0.15) is 5.10 Å². The van der Waals surface area contributed by atoms with E-state index in [0.717, 1.165) is 29.8 Å². The molecular weight excluding hydrogens is 431 g/mol. The highest BCUT2D eigenvalue weighted by Crippen LogP contribution is 2.38. The maximum atomic E-state index is 14.6. The maximum absolute atomic E-state index is 14.6. The summed E-state index contributed by atoms with van der Waals surface area (Å²) in [6.07, 6.45) is 1.93. The summed E-state index contributed by atoms with van der Waals surface area (Å²) in [6, 6.07) is 16.0. The Hall–Kier alpha value is -3.35. The van der Waals surface area contributed by atoms with Crippen LogP contribution in [0.1, 0.15) is 64.6 Å². The molecule has 1 heterocycles. The van der Waals surface area contributed by atoms with E-state index in [9.17, 15) is 9.18 Å². The summed E-state index contributed by atoms with van der Waals surface area (Å²) in [5, 5.41) is 7.97. The lowest BCUT2D eigenvalue weighted by molar-refractivity contribution is 0.182. The first kappa shape index (κ1) is 23.8. The zero-order chi connectivity index (χ0) is 24.5. The lowest BCUT2D eigenvalue weighted by Gasteiger charge is -2.29. The highest BCUT2D eigenvalue weighted by molar-refractivity contribution is 5.76. The summed E-state index contributed by atoms with van der Waals surface area (Å²) in [4.78, 5) is 15.1. The second kappa shape index (κ2) is 9.49. The molecule has 0 unspecified atom stereocenters. The predicted octanol–water partition coefficient (Wildman–Crippen LogP) is 6.40. The molecular formula is C27H33FN4O2. The first-order valence-corrected chi connectivity index (χ1v) is 11.8. The SMILES string of the molecule is CC(C)c1nn(-c2ccccc2)c(Oc2ccccc2F)c1CN(C(=O)NC(C)(C)C)C1CC1. The number of nitrogens with zero attached hydrogens (tertiary/aromatic N) is 3. The van der Waals surface area contributed by atoms with Crippen molar-refractivity contribution >= 4 is 6.03 Å². The van der Waals surface area contributed by atoms with Crippen molar-refractivity contribution in [3.8, 4) is 17.3 Å². The molecule has 34 heavy (non-hydrogen) atoms. The Bertz CT molecular complexity index is 1150. The Morgan fingerprint density at radius 3 is 2.38 bits per heavy atom. The van der Waals surface area contributed by atoms with Gasteiger partial charge in [0.05, 0.1) is 23.5 Å². The minimum absolute atomic E-state index is 0.0784. The molecule has 1 aliphatic rings. The molecule has 7 heteroatoms. The van der Waals surface area contributed by atoms with Crippen molar-refractivity contribution in [2.75, 3.05) is 0 Å². The Morgan fingerprint density at radius 2 is 1.79 bits per heavy atom. The summed E-state index contributed by atoms with van der Waals surface area (Å²) in [6.45, 7) is 10.4. The van der Waals surface area contributed by atoms with Gasteiger partial charge >= 0.3 is 6.03 Å². The molecule has 1 aliphatic carbocycles. The van der Waals surface area contributed by atoms with E-state index in [1.54, 1.807) is 22.9 Å². The Labute approximate surface area is 200 Å². The van der Waals surface area contributed by atoms with Crippen LogP contribution in [0.15, 0.2) is 54.6 Å². The van der Waals surface area contributed by atoms with Crippen molar-refractivity contribution in [1.82, 2.24) is 20.0 Å². The van der Waals surface area contributed by atoms with E-state index >= 15 is 0 Å². The zero-order valence-electron chi connectivity index (χ0n) is 20.5. The average molecular weight is 465 g/mol. The summed E-state index contributed by atoms with van der Waals surface area (Å²) >= 11 is 0. The van der Waals surface area contributed by atoms with Gasteiger partial charge in [-0.3, -0.25) is 0 Å². The summed E-state index contributed by atoms with van der Waals surface area (Å²) in [5.74, 6) is 0.169. The van der Waals surface area contributed by atoms with E-state index in [1.165, 1.54) is 6.07 Å². The largest absolute Gasteiger partial charge is 0.435 e. The molecule has 2 aromatic carbocycles. The van der Waals surface area contributed by atoms with Crippen molar-refractivity contribution in [2.45, 2.75) is 71.5 Å². The van der Waals surface area contributed by atoms with Crippen LogP contribution in [-0.4, -0.2) is 32.3 Å². The molecule has 1 aromatic heterocycles. The van der Waals surface area contributed by atoms with Crippen molar-refractivity contribution < 1.29 is 13.9 Å². The Kier molecular flexibility index (Phi) is 6.64. The molecule has 2 amide bonds. The number of hydrogen-bond acceptors (Lipinski definition) is 3. The second-order valence-electron chi connectivity index (χ2n) is 10.1. The molecule has 1 fully saturated rings. The van der Waals surface area contributed by atoms with Gasteiger partial charge in [0, 0.05) is 11.6 Å². The molecule has 0 atom stereocenters. The average Bonchev–Trinajstić information content (AvgIpc) is 3.55. The molecule has 0 radical (unpaired) electrons. The van der Waals surface area contributed by atoms with Gasteiger partial charge < -0.3 is 15.0 Å². The first-order chi connectivity index (χ1) is 16.1. The lowest BCUT2D eigenvalue weighted by Crippen LogP contribution is -2.49. The normalized spacial score (nSPS) is 13.7. The third-order valence-corrected chi connectivity index (χ3v) is 5.62. The van der Waals surface area contributed by atoms with Crippen molar-refractivity contribution in [3.05, 3.63) is 71.7 Å². The van der Waals surface area contributed by atoms with Crippen LogP contribution in [0.5, 0.6) is 11.6 Å². The number of rotatable bonds is 7. The number of amides is 2. The fourth-order valence-electron chi connectivity index (χ4n) is 3.86. The Morgan fingerprint density at radius 1 is 1.15 bits per heavy atom. The highest BCUT2D eigenvalue weighted by atomic mass is 19.1. The third-order valence-electron chi connectivity index (χ3n) is 5.62. The fourth-order valence-corrected chi connectivity index (χ4v) is 3.86. The number of halogens is 1. The molecule has 3 aromatic rings. The predicted molar refractivity (Wildman–Crippen MR) is 131 cm³/mol. The van der Waals surface area contributed by atoms with Gasteiger partial charge in [0.2, 0.25) is 5.88 Å². The van der Waals surface area contributed by atoms with Crippen LogP contribution < -0.4 is 10.1 Å². The van der Waals surface area contributed by atoms with Crippen LogP contribution >= 0.6 is 0 Å². The number of urea groups is 1. The van der Waals surface area contributed by atoms with E-state index < -0.39 is 5.82 Å². The number of benzene rings is 2. The quantitative estimate of drug-likeness (QED) is 0.440. The van der Waals surface area contributed by atoms with Crippen molar-refractivity contribution in [3.63, 3.8) is 0 Å². The van der Waals surface area contributed by atoms with Gasteiger partial charge in [-0.15, -0.1) is 0 Å². The minimum Gasteiger partial charge on any atom is -0.435 e. The molecule has 0 saturated heterocycles. The lowest BCUT2D eigenvalue weighted by atomic mass is 10.1. The van der Waals surface area contributed by atoms with Crippen LogP contribution in [0.2, 0.25) is 0 Å². The summed E-state index contributed by atoms with van der Waals surface area (Å²) < 4.78 is 22.5. The second-order valence-corrected chi connectivity index (χ2v) is 10.1. The molecule has 180 valence electrons. The van der Waals surface area contributed by atoms with Gasteiger partial charge in [-0.25, -0.2) is 13.9 Å². The van der Waals surface area contributed by atoms with Gasteiger partial charge in [0.1, 0.15) is 0 Å². The minimum atomic E-state index is -0.454. The summed E-state index contributed by atoms with van der Waals surface area (Å²) in [7, 11) is 0. The van der Waals surface area contributed by atoms with Gasteiger partial charge in [0.15, 0.2) is 11.6 Å². The number of ether oxygens (including phenoxy) is 1. The van der Waals surface area contributed by atoms with Crippen LogP contribution in [0, 0.1) is 5.82 Å². The number of carbonyl (C=O) groups is 1. The first-order valence-electron chi connectivity index (χ1n) is 11.8. The van der Waals surface area contributed by atoms with Crippen LogP contribution in [0.3, 0.4) is 0 Å². The smallest absolute Gasteiger partial charge is 0.318 e. The molecule has 1 saturated carbocycles. The van der Waals surface area contributed by atoms with Crippen LogP contribution in [0.25, 0.3) is 5.69 Å². The number of nitrogens with one attached hydrogen (secondary N) is 1. The van der Waals surface area contributed by atoms with E-state index in [2.05, 4.69) is 19.2 Å². The van der Waals surface area contributed by atoms with Crippen LogP contribution in [0.4, 0.5) is 9.18 Å². The van der Waals surface area contributed by atoms with E-state index in [4.69, 9.17) is 9.84 Å². The molecule has 0 spiro atoms. The Balaban J connectivity index is 1.82. The van der Waals surface area contributed by atoms with Gasteiger partial charge in [0.25, 0.3) is 0 Å². The molecule has 1 N–H and O–H groups in total. The van der Waals surface area contributed by atoms with E-state index in [1.807, 2.05) is 56.0 Å². The number of hydrogen-bond donors (Lipinski definition) is 1. The molecule has 0 bridgehead atoms. The molecule has 6 nitrogen and oxygen atoms in total. The standard InChI is InChI=1S/C27H33FN4O2/c1-18(2)24-21(17-31(19-15-16-19)26(33)29-27(3,4)5)25(34-23-14-10-9-13-22(23)28)32(30-24)20-11-7-6-8-12-20/h6-14,18-19H,15-17H2,1-5H3,(H,29,33). The van der Waals surface area contributed by atoms with E-state index in [0.29, 0.717) is 12.4 Å². The number of carbonyl (C=O) groups excluding carboxylic acids is 1. The van der Waals surface area contributed by atoms with Gasteiger partial charge in [-0.1, -0.05) is 44.2 Å². The topological polar surface area (TPSA) is 59.4 Å². The van der Waals surface area contributed by atoms with Crippen molar-refractivity contribution in [1.29, 1.82) is 0 Å². The van der Waals surface area contributed by atoms with Gasteiger partial charge in [-0.05, 0) is 63.8 Å². The van der Waals surface area contributed by atoms with Crippen molar-refractivity contribution in [2.24, 2.45) is 0 Å².